The van der Waals surface area contributed by atoms with E-state index in [4.69, 9.17) is 4.98 Å². The van der Waals surface area contributed by atoms with Crippen molar-refractivity contribution in [3.63, 3.8) is 0 Å². The summed E-state index contributed by atoms with van der Waals surface area (Å²) >= 11 is 1.77. The van der Waals surface area contributed by atoms with Crippen LogP contribution in [0.4, 0.5) is 0 Å². The van der Waals surface area contributed by atoms with Crippen LogP contribution in [0.5, 0.6) is 0 Å². The van der Waals surface area contributed by atoms with Crippen LogP contribution in [0, 0.1) is 0 Å². The fourth-order valence-electron chi connectivity index (χ4n) is 2.32. The highest BCUT2D eigenvalue weighted by molar-refractivity contribution is 7.09. The average molecular weight is 302 g/mol. The van der Waals surface area contributed by atoms with E-state index in [-0.39, 0.29) is 5.41 Å². The van der Waals surface area contributed by atoms with Gasteiger partial charge in [0, 0.05) is 23.4 Å². The van der Waals surface area contributed by atoms with E-state index < -0.39 is 0 Å². The first kappa shape index (κ1) is 16.2. The Kier molecular flexibility index (Phi) is 5.54. The summed E-state index contributed by atoms with van der Waals surface area (Å²) in [6.07, 6.45) is 2.33. The molecule has 0 saturated carbocycles. The monoisotopic (exact) mass is 302 g/mol. The van der Waals surface area contributed by atoms with Crippen LogP contribution in [0.15, 0.2) is 35.7 Å². The highest BCUT2D eigenvalue weighted by Gasteiger charge is 2.18. The van der Waals surface area contributed by atoms with Gasteiger partial charge < -0.3 is 5.32 Å². The Balaban J connectivity index is 2.01. The minimum absolute atomic E-state index is 0.144. The normalized spacial score (nSPS) is 13.3. The number of hydrogen-bond acceptors (Lipinski definition) is 3. The lowest BCUT2D eigenvalue weighted by atomic mass is 9.98. The van der Waals surface area contributed by atoms with Crippen LogP contribution in [0.2, 0.25) is 0 Å². The van der Waals surface area contributed by atoms with Crippen molar-refractivity contribution >= 4 is 11.3 Å². The molecular weight excluding hydrogens is 276 g/mol. The minimum atomic E-state index is 0.144. The van der Waals surface area contributed by atoms with Gasteiger partial charge in [-0.25, -0.2) is 4.98 Å². The largest absolute Gasteiger partial charge is 0.304 e. The predicted molar refractivity (Wildman–Crippen MR) is 91.7 cm³/mol. The first-order valence-corrected chi connectivity index (χ1v) is 8.62. The summed E-state index contributed by atoms with van der Waals surface area (Å²) in [5, 5.41) is 7.06. The molecule has 0 aliphatic rings. The topological polar surface area (TPSA) is 24.9 Å². The molecule has 2 nitrogen and oxygen atoms in total. The lowest BCUT2D eigenvalue weighted by Gasteiger charge is -2.18. The highest BCUT2D eigenvalue weighted by Crippen LogP contribution is 2.26. The van der Waals surface area contributed by atoms with E-state index in [0.717, 1.165) is 18.7 Å². The molecule has 0 fully saturated rings. The Bertz CT molecular complexity index is 540. The maximum absolute atomic E-state index is 4.76. The molecule has 0 spiro atoms. The lowest BCUT2D eigenvalue weighted by molar-refractivity contribution is 0.488. The molecule has 1 aromatic carbocycles. The number of benzene rings is 1. The van der Waals surface area contributed by atoms with Crippen LogP contribution in [0.1, 0.15) is 62.8 Å². The van der Waals surface area contributed by atoms with Crippen molar-refractivity contribution < 1.29 is 0 Å². The average Bonchev–Trinajstić information content (AvgIpc) is 2.93. The molecule has 0 radical (unpaired) electrons. The number of nitrogens with zero attached hydrogens (tertiary/aromatic N) is 1. The van der Waals surface area contributed by atoms with Gasteiger partial charge in [-0.1, -0.05) is 64.4 Å². The molecule has 114 valence electrons. The van der Waals surface area contributed by atoms with Gasteiger partial charge in [0.2, 0.25) is 0 Å². The molecule has 1 N–H and O–H groups in total. The Hall–Kier alpha value is -1.19. The molecule has 0 saturated heterocycles. The number of nitrogens with one attached hydrogen (secondary N) is 1. The third-order valence-electron chi connectivity index (χ3n) is 3.50. The summed E-state index contributed by atoms with van der Waals surface area (Å²) in [5.74, 6) is 0. The van der Waals surface area contributed by atoms with E-state index in [2.05, 4.69) is 68.7 Å². The Morgan fingerprint density at radius 2 is 1.90 bits per heavy atom. The van der Waals surface area contributed by atoms with Gasteiger partial charge in [-0.3, -0.25) is 0 Å². The lowest BCUT2D eigenvalue weighted by Crippen LogP contribution is -2.21. The van der Waals surface area contributed by atoms with Gasteiger partial charge in [0.1, 0.15) is 0 Å². The van der Waals surface area contributed by atoms with Crippen molar-refractivity contribution in [1.82, 2.24) is 10.3 Å². The second kappa shape index (κ2) is 7.19. The van der Waals surface area contributed by atoms with E-state index in [9.17, 15) is 0 Å². The first-order chi connectivity index (χ1) is 10.0. The van der Waals surface area contributed by atoms with E-state index in [1.807, 2.05) is 0 Å². The van der Waals surface area contributed by atoms with Crippen LogP contribution in [-0.2, 0) is 12.0 Å². The molecular formula is C18H26N2S. The van der Waals surface area contributed by atoms with E-state index in [0.29, 0.717) is 6.04 Å². The molecule has 0 bridgehead atoms. The molecule has 1 aromatic heterocycles. The molecule has 3 heteroatoms. The smallest absolute Gasteiger partial charge is 0.0982 e. The summed E-state index contributed by atoms with van der Waals surface area (Å²) in [6.45, 7) is 9.72. The zero-order chi connectivity index (χ0) is 15.3. The van der Waals surface area contributed by atoms with Crippen LogP contribution in [0.25, 0.3) is 0 Å². The standard InChI is InChI=1S/C18H26N2S/c1-5-9-16(14-10-7-6-8-11-14)19-12-15-13-21-17(20-15)18(2,3)4/h6-8,10-11,13,16,19H,5,9,12H2,1-4H3. The van der Waals surface area contributed by atoms with Crippen molar-refractivity contribution in [3.05, 3.63) is 52.0 Å². The second-order valence-corrected chi connectivity index (χ2v) is 7.38. The Morgan fingerprint density at radius 3 is 2.48 bits per heavy atom. The van der Waals surface area contributed by atoms with Crippen molar-refractivity contribution in [2.24, 2.45) is 0 Å². The summed E-state index contributed by atoms with van der Waals surface area (Å²) in [5.41, 5.74) is 2.66. The predicted octanol–water partition coefficient (Wildman–Crippen LogP) is 5.07. The minimum Gasteiger partial charge on any atom is -0.304 e. The molecule has 21 heavy (non-hydrogen) atoms. The van der Waals surface area contributed by atoms with Crippen LogP contribution in [-0.4, -0.2) is 4.98 Å². The zero-order valence-electron chi connectivity index (χ0n) is 13.5. The SMILES string of the molecule is CCCC(NCc1csc(C(C)(C)C)n1)c1ccccc1. The first-order valence-electron chi connectivity index (χ1n) is 7.74. The van der Waals surface area contributed by atoms with E-state index in [1.165, 1.54) is 17.0 Å². The maximum atomic E-state index is 4.76. The Labute approximate surface area is 132 Å². The van der Waals surface area contributed by atoms with Gasteiger partial charge in [0.25, 0.3) is 0 Å². The number of aromatic nitrogens is 1. The molecule has 2 aromatic rings. The van der Waals surface area contributed by atoms with Crippen LogP contribution in [0.3, 0.4) is 0 Å². The van der Waals surface area contributed by atoms with Gasteiger partial charge in [0.05, 0.1) is 10.7 Å². The quantitative estimate of drug-likeness (QED) is 0.805. The van der Waals surface area contributed by atoms with Gasteiger partial charge >= 0.3 is 0 Å². The molecule has 1 atom stereocenters. The summed E-state index contributed by atoms with van der Waals surface area (Å²) < 4.78 is 0. The molecule has 2 rings (SSSR count). The third kappa shape index (κ3) is 4.65. The molecule has 0 amide bonds. The zero-order valence-corrected chi connectivity index (χ0v) is 14.3. The van der Waals surface area contributed by atoms with Crippen molar-refractivity contribution in [1.29, 1.82) is 0 Å². The number of thiazole rings is 1. The summed E-state index contributed by atoms with van der Waals surface area (Å²) in [7, 11) is 0. The summed E-state index contributed by atoms with van der Waals surface area (Å²) in [6, 6.07) is 11.1. The molecule has 1 unspecified atom stereocenters. The fraction of sp³-hybridized carbons (Fsp3) is 0.500. The van der Waals surface area contributed by atoms with Crippen molar-refractivity contribution in [2.75, 3.05) is 0 Å². The third-order valence-corrected chi connectivity index (χ3v) is 4.82. The highest BCUT2D eigenvalue weighted by atomic mass is 32.1. The van der Waals surface area contributed by atoms with Crippen molar-refractivity contribution in [2.45, 2.75) is 58.5 Å². The molecule has 0 aliphatic carbocycles. The van der Waals surface area contributed by atoms with Gasteiger partial charge in [0.15, 0.2) is 0 Å². The van der Waals surface area contributed by atoms with E-state index in [1.54, 1.807) is 11.3 Å². The van der Waals surface area contributed by atoms with Gasteiger partial charge in [-0.05, 0) is 12.0 Å². The maximum Gasteiger partial charge on any atom is 0.0982 e. The Morgan fingerprint density at radius 1 is 1.19 bits per heavy atom. The molecule has 0 aliphatic heterocycles. The van der Waals surface area contributed by atoms with Crippen LogP contribution >= 0.6 is 11.3 Å². The van der Waals surface area contributed by atoms with E-state index >= 15 is 0 Å². The summed E-state index contributed by atoms with van der Waals surface area (Å²) in [4.78, 5) is 4.76. The van der Waals surface area contributed by atoms with Crippen molar-refractivity contribution in [3.8, 4) is 0 Å². The van der Waals surface area contributed by atoms with Crippen LogP contribution < -0.4 is 5.32 Å². The number of hydrogen-bond donors (Lipinski definition) is 1. The van der Waals surface area contributed by atoms with Gasteiger partial charge in [-0.15, -0.1) is 11.3 Å². The number of rotatable bonds is 6. The molecule has 1 heterocycles. The fourth-order valence-corrected chi connectivity index (χ4v) is 3.23. The second-order valence-electron chi connectivity index (χ2n) is 6.53. The van der Waals surface area contributed by atoms with Gasteiger partial charge in [-0.2, -0.15) is 0 Å².